The number of nitrogens with one attached hydrogen (secondary N) is 1. The molecule has 1 heterocycles. The van der Waals surface area contributed by atoms with Crippen LogP contribution in [-0.2, 0) is 10.6 Å². The molecular formula is C25H40F3NO2Si. The molecule has 3 nitrogen and oxygen atoms in total. The fourth-order valence-electron chi connectivity index (χ4n) is 4.69. The van der Waals surface area contributed by atoms with E-state index in [0.29, 0.717) is 17.7 Å². The number of halogens is 3. The van der Waals surface area contributed by atoms with Gasteiger partial charge < -0.3 is 14.5 Å². The predicted octanol–water partition coefficient (Wildman–Crippen LogP) is 7.18. The lowest BCUT2D eigenvalue weighted by Crippen LogP contribution is -2.50. The fourth-order valence-corrected chi connectivity index (χ4v) is 6.09. The lowest BCUT2D eigenvalue weighted by Gasteiger charge is -2.42. The molecule has 182 valence electrons. The molecule has 7 heteroatoms. The summed E-state index contributed by atoms with van der Waals surface area (Å²) in [6.07, 6.45) is 3.46. The minimum atomic E-state index is -4.32. The van der Waals surface area contributed by atoms with Gasteiger partial charge in [-0.05, 0) is 87.0 Å². The first-order chi connectivity index (χ1) is 14.8. The molecule has 1 aromatic rings. The molecular weight excluding hydrogens is 431 g/mol. The van der Waals surface area contributed by atoms with E-state index < -0.39 is 20.1 Å². The third-order valence-electron chi connectivity index (χ3n) is 7.63. The lowest BCUT2D eigenvalue weighted by atomic mass is 9.90. The monoisotopic (exact) mass is 471 g/mol. The first-order valence-electron chi connectivity index (χ1n) is 12.1. The summed E-state index contributed by atoms with van der Waals surface area (Å²) in [5.74, 6) is 0.987. The average molecular weight is 472 g/mol. The Balaban J connectivity index is 1.65. The van der Waals surface area contributed by atoms with Crippen molar-refractivity contribution in [1.29, 1.82) is 0 Å². The van der Waals surface area contributed by atoms with Crippen LogP contribution in [0.4, 0.5) is 13.2 Å². The SMILES string of the molecule is CC(C)(C)[Si](C)(C)O[C@H]1CCN[C@@H](C[C@H](Oc2ccc(C(F)(F)F)cc2)C2CCCC2)C1. The predicted molar refractivity (Wildman–Crippen MR) is 126 cm³/mol. The third-order valence-corrected chi connectivity index (χ3v) is 12.2. The molecule has 1 aliphatic heterocycles. The molecule has 0 bridgehead atoms. The van der Waals surface area contributed by atoms with E-state index in [1.807, 2.05) is 0 Å². The van der Waals surface area contributed by atoms with Gasteiger partial charge in [0.2, 0.25) is 0 Å². The molecule has 2 aliphatic rings. The van der Waals surface area contributed by atoms with Crippen LogP contribution < -0.4 is 10.1 Å². The van der Waals surface area contributed by atoms with Gasteiger partial charge in [-0.1, -0.05) is 33.6 Å². The maximum absolute atomic E-state index is 12.9. The van der Waals surface area contributed by atoms with Gasteiger partial charge >= 0.3 is 6.18 Å². The standard InChI is InChI=1S/C25H40F3NO2Si/c1-24(2,3)32(4,5)31-22-14-15-29-20(16-22)17-23(18-8-6-7-9-18)30-21-12-10-19(11-13-21)25(26,27)28/h10-13,18,20,22-23,29H,6-9,14-17H2,1-5H3/t20-,22+,23+/m1/s1. The van der Waals surface area contributed by atoms with E-state index in [9.17, 15) is 13.2 Å². The molecule has 32 heavy (non-hydrogen) atoms. The first-order valence-corrected chi connectivity index (χ1v) is 15.0. The Bertz CT molecular complexity index is 724. The summed E-state index contributed by atoms with van der Waals surface area (Å²) in [5, 5.41) is 3.83. The Morgan fingerprint density at radius 3 is 2.22 bits per heavy atom. The molecule has 2 fully saturated rings. The Morgan fingerprint density at radius 1 is 1.03 bits per heavy atom. The van der Waals surface area contributed by atoms with E-state index in [1.165, 1.54) is 25.0 Å². The van der Waals surface area contributed by atoms with Gasteiger partial charge in [-0.3, -0.25) is 0 Å². The van der Waals surface area contributed by atoms with E-state index in [0.717, 1.165) is 50.8 Å². The molecule has 3 rings (SSSR count). The van der Waals surface area contributed by atoms with Crippen LogP contribution in [0.3, 0.4) is 0 Å². The fraction of sp³-hybridized carbons (Fsp3) is 0.760. The molecule has 1 aliphatic carbocycles. The molecule has 1 N–H and O–H groups in total. The second kappa shape index (κ2) is 10.1. The summed E-state index contributed by atoms with van der Waals surface area (Å²) in [6, 6.07) is 5.45. The van der Waals surface area contributed by atoms with E-state index >= 15 is 0 Å². The van der Waals surface area contributed by atoms with E-state index in [2.05, 4.69) is 39.2 Å². The number of ether oxygens (including phenoxy) is 1. The second-order valence-electron chi connectivity index (χ2n) is 11.1. The number of hydrogen-bond acceptors (Lipinski definition) is 3. The third kappa shape index (κ3) is 6.73. The van der Waals surface area contributed by atoms with Crippen molar-refractivity contribution in [2.45, 2.75) is 108 Å². The molecule has 3 atom stereocenters. The van der Waals surface area contributed by atoms with Crippen molar-refractivity contribution < 1.29 is 22.3 Å². The molecule has 1 saturated carbocycles. The Kier molecular flexibility index (Phi) is 8.04. The highest BCUT2D eigenvalue weighted by Crippen LogP contribution is 2.39. The molecule has 0 radical (unpaired) electrons. The van der Waals surface area contributed by atoms with Crippen LogP contribution in [0.15, 0.2) is 24.3 Å². The van der Waals surface area contributed by atoms with Gasteiger partial charge in [0.05, 0.1) is 5.56 Å². The van der Waals surface area contributed by atoms with Crippen molar-refractivity contribution in [3.8, 4) is 5.75 Å². The smallest absolute Gasteiger partial charge is 0.416 e. The Labute approximate surface area is 192 Å². The largest absolute Gasteiger partial charge is 0.490 e. The molecule has 1 aromatic carbocycles. The van der Waals surface area contributed by atoms with Gasteiger partial charge in [0.25, 0.3) is 0 Å². The summed E-state index contributed by atoms with van der Waals surface area (Å²) in [4.78, 5) is 0. The molecule has 0 aromatic heterocycles. The highest BCUT2D eigenvalue weighted by atomic mass is 28.4. The minimum Gasteiger partial charge on any atom is -0.490 e. The zero-order chi connectivity index (χ0) is 23.6. The van der Waals surface area contributed by atoms with Gasteiger partial charge in [0, 0.05) is 12.1 Å². The minimum absolute atomic E-state index is 0.0124. The molecule has 0 amide bonds. The van der Waals surface area contributed by atoms with Gasteiger partial charge in [0.1, 0.15) is 11.9 Å². The van der Waals surface area contributed by atoms with Gasteiger partial charge in [-0.2, -0.15) is 13.2 Å². The van der Waals surface area contributed by atoms with Gasteiger partial charge in [-0.25, -0.2) is 0 Å². The van der Waals surface area contributed by atoms with Crippen molar-refractivity contribution >= 4 is 8.32 Å². The van der Waals surface area contributed by atoms with Crippen molar-refractivity contribution in [3.63, 3.8) is 0 Å². The molecule has 0 unspecified atom stereocenters. The van der Waals surface area contributed by atoms with Crippen molar-refractivity contribution in [3.05, 3.63) is 29.8 Å². The summed E-state index contributed by atoms with van der Waals surface area (Å²) in [6.45, 7) is 12.4. The molecule has 1 saturated heterocycles. The highest BCUT2D eigenvalue weighted by molar-refractivity contribution is 6.74. The maximum atomic E-state index is 12.9. The number of alkyl halides is 3. The van der Waals surface area contributed by atoms with Crippen molar-refractivity contribution in [1.82, 2.24) is 5.32 Å². The van der Waals surface area contributed by atoms with Gasteiger partial charge in [-0.15, -0.1) is 0 Å². The second-order valence-corrected chi connectivity index (χ2v) is 15.9. The maximum Gasteiger partial charge on any atom is 0.416 e. The van der Waals surface area contributed by atoms with E-state index in [1.54, 1.807) is 0 Å². The highest BCUT2D eigenvalue weighted by Gasteiger charge is 2.40. The van der Waals surface area contributed by atoms with Crippen LogP contribution in [0, 0.1) is 5.92 Å². The topological polar surface area (TPSA) is 30.5 Å². The van der Waals surface area contributed by atoms with Crippen LogP contribution in [0.25, 0.3) is 0 Å². The molecule has 0 spiro atoms. The van der Waals surface area contributed by atoms with Crippen LogP contribution in [0.1, 0.15) is 71.3 Å². The summed E-state index contributed by atoms with van der Waals surface area (Å²) in [5.41, 5.74) is -0.637. The average Bonchev–Trinajstić information content (AvgIpc) is 3.21. The number of piperidine rings is 1. The number of hydrogen-bond donors (Lipinski definition) is 1. The quantitative estimate of drug-likeness (QED) is 0.427. The van der Waals surface area contributed by atoms with E-state index in [4.69, 9.17) is 9.16 Å². The van der Waals surface area contributed by atoms with Crippen LogP contribution in [-0.4, -0.2) is 33.1 Å². The Morgan fingerprint density at radius 2 is 1.66 bits per heavy atom. The summed E-state index contributed by atoms with van der Waals surface area (Å²) < 4.78 is 51.7. The van der Waals surface area contributed by atoms with Crippen LogP contribution in [0.5, 0.6) is 5.75 Å². The summed E-state index contributed by atoms with van der Waals surface area (Å²) in [7, 11) is -1.82. The Hall–Kier alpha value is -1.05. The normalized spacial score (nSPS) is 24.5. The van der Waals surface area contributed by atoms with Crippen molar-refractivity contribution in [2.24, 2.45) is 5.92 Å². The lowest BCUT2D eigenvalue weighted by molar-refractivity contribution is -0.137. The van der Waals surface area contributed by atoms with Gasteiger partial charge in [0.15, 0.2) is 8.32 Å². The van der Waals surface area contributed by atoms with Crippen LogP contribution >= 0.6 is 0 Å². The van der Waals surface area contributed by atoms with Crippen molar-refractivity contribution in [2.75, 3.05) is 6.54 Å². The first kappa shape index (κ1) is 25.6. The van der Waals surface area contributed by atoms with Crippen LogP contribution in [0.2, 0.25) is 18.1 Å². The van der Waals surface area contributed by atoms with E-state index in [-0.39, 0.29) is 17.2 Å². The summed E-state index contributed by atoms with van der Waals surface area (Å²) >= 11 is 0. The zero-order valence-corrected chi connectivity index (χ0v) is 21.2. The number of rotatable bonds is 7. The zero-order valence-electron chi connectivity index (χ0n) is 20.2. The number of benzene rings is 1.